The van der Waals surface area contributed by atoms with Crippen molar-refractivity contribution in [1.82, 2.24) is 25.1 Å². The molecule has 41 heavy (non-hydrogen) atoms. The molecule has 10 nitrogen and oxygen atoms in total. The molecule has 208 valence electrons. The Labute approximate surface area is 237 Å². The summed E-state index contributed by atoms with van der Waals surface area (Å²) < 4.78 is 13.6. The smallest absolute Gasteiger partial charge is 0.256 e. The van der Waals surface area contributed by atoms with Crippen LogP contribution < -0.4 is 25.4 Å². The molecular formula is C31H31N7O3. The van der Waals surface area contributed by atoms with Crippen LogP contribution in [0.1, 0.15) is 28.8 Å². The minimum Gasteiger partial charge on any atom is -0.497 e. The Bertz CT molecular complexity index is 1610. The molecule has 1 atom stereocenters. The lowest BCUT2D eigenvalue weighted by Crippen LogP contribution is -2.38. The Morgan fingerprint density at radius 1 is 1.00 bits per heavy atom. The van der Waals surface area contributed by atoms with Gasteiger partial charge in [-0.15, -0.1) is 0 Å². The number of aromatic nitrogens is 4. The van der Waals surface area contributed by atoms with Gasteiger partial charge in [-0.1, -0.05) is 18.2 Å². The van der Waals surface area contributed by atoms with E-state index >= 15 is 0 Å². The van der Waals surface area contributed by atoms with Gasteiger partial charge in [0.15, 0.2) is 11.5 Å². The highest BCUT2D eigenvalue weighted by molar-refractivity contribution is 6.03. The van der Waals surface area contributed by atoms with Crippen molar-refractivity contribution in [3.05, 3.63) is 96.3 Å². The first-order valence-corrected chi connectivity index (χ1v) is 13.6. The Balaban J connectivity index is 1.28. The number of nitrogens with one attached hydrogen (secondary N) is 3. The lowest BCUT2D eigenvalue weighted by molar-refractivity contribution is 0.102. The normalized spacial score (nSPS) is 14.9. The summed E-state index contributed by atoms with van der Waals surface area (Å²) in [5, 5.41) is 15.6. The van der Waals surface area contributed by atoms with E-state index in [2.05, 4.69) is 25.9 Å². The molecule has 0 radical (unpaired) electrons. The highest BCUT2D eigenvalue weighted by Crippen LogP contribution is 2.35. The summed E-state index contributed by atoms with van der Waals surface area (Å²) >= 11 is 0. The average Bonchev–Trinajstić information content (AvgIpc) is 3.36. The third-order valence-electron chi connectivity index (χ3n) is 6.97. The highest BCUT2D eigenvalue weighted by atomic mass is 16.5. The minimum atomic E-state index is -0.242. The predicted octanol–water partition coefficient (Wildman–Crippen LogP) is 5.09. The van der Waals surface area contributed by atoms with Crippen LogP contribution in [0, 0.1) is 0 Å². The first-order chi connectivity index (χ1) is 20.2. The lowest BCUT2D eigenvalue weighted by atomic mass is 10.1. The van der Waals surface area contributed by atoms with E-state index in [0.29, 0.717) is 29.4 Å². The van der Waals surface area contributed by atoms with Gasteiger partial charge in [0.1, 0.15) is 28.5 Å². The Morgan fingerprint density at radius 2 is 1.83 bits per heavy atom. The predicted molar refractivity (Wildman–Crippen MR) is 158 cm³/mol. The van der Waals surface area contributed by atoms with Crippen LogP contribution in [0.3, 0.4) is 0 Å². The average molecular weight is 550 g/mol. The van der Waals surface area contributed by atoms with Gasteiger partial charge >= 0.3 is 0 Å². The summed E-state index contributed by atoms with van der Waals surface area (Å²) in [6.07, 6.45) is 5.52. The SMILES string of the molecule is COc1ccc(Cn2nc(N[C@@H]3CCCNC3)c3c(Oc4ccc(C(=O)Nc5ccccn5)cc4)ccnc32)cc1. The van der Waals surface area contributed by atoms with Crippen molar-refractivity contribution >= 4 is 28.6 Å². The zero-order valence-corrected chi connectivity index (χ0v) is 22.7. The second-order valence-corrected chi connectivity index (χ2v) is 9.85. The molecule has 0 saturated carbocycles. The van der Waals surface area contributed by atoms with Crippen molar-refractivity contribution in [2.45, 2.75) is 25.4 Å². The number of nitrogens with zero attached hydrogens (tertiary/aromatic N) is 4. The van der Waals surface area contributed by atoms with Gasteiger partial charge in [0, 0.05) is 36.6 Å². The Morgan fingerprint density at radius 3 is 2.56 bits per heavy atom. The molecule has 10 heteroatoms. The lowest BCUT2D eigenvalue weighted by Gasteiger charge is -2.23. The number of fused-ring (bicyclic) bond motifs is 1. The zero-order valence-electron chi connectivity index (χ0n) is 22.7. The molecule has 0 aliphatic carbocycles. The van der Waals surface area contributed by atoms with E-state index in [1.165, 1.54) is 0 Å². The Kier molecular flexibility index (Phi) is 7.72. The first kappa shape index (κ1) is 26.3. The molecule has 6 rings (SSSR count). The number of ether oxygens (including phenoxy) is 2. The molecule has 3 aromatic heterocycles. The van der Waals surface area contributed by atoms with E-state index in [1.54, 1.807) is 55.9 Å². The summed E-state index contributed by atoms with van der Waals surface area (Å²) in [7, 11) is 1.66. The quantitative estimate of drug-likeness (QED) is 0.233. The largest absolute Gasteiger partial charge is 0.497 e. The number of carbonyl (C=O) groups excluding carboxylic acids is 1. The number of hydrogen-bond donors (Lipinski definition) is 3. The van der Waals surface area contributed by atoms with Crippen LogP contribution in [0.4, 0.5) is 11.6 Å². The zero-order chi connectivity index (χ0) is 28.0. The van der Waals surface area contributed by atoms with Crippen molar-refractivity contribution in [2.24, 2.45) is 0 Å². The summed E-state index contributed by atoms with van der Waals surface area (Å²) in [5.74, 6) is 3.02. The number of amides is 1. The topological polar surface area (TPSA) is 115 Å². The third-order valence-corrected chi connectivity index (χ3v) is 6.97. The van der Waals surface area contributed by atoms with E-state index in [-0.39, 0.29) is 11.9 Å². The molecule has 0 unspecified atom stereocenters. The van der Waals surface area contributed by atoms with Gasteiger partial charge in [0.25, 0.3) is 5.91 Å². The van der Waals surface area contributed by atoms with E-state index in [4.69, 9.17) is 14.6 Å². The van der Waals surface area contributed by atoms with Gasteiger partial charge in [-0.25, -0.2) is 14.6 Å². The van der Waals surface area contributed by atoms with Gasteiger partial charge in [-0.3, -0.25) is 4.79 Å². The maximum atomic E-state index is 12.6. The molecule has 1 aliphatic heterocycles. The number of pyridine rings is 2. The van der Waals surface area contributed by atoms with Gasteiger partial charge in [-0.05, 0) is 73.5 Å². The van der Waals surface area contributed by atoms with Crippen molar-refractivity contribution in [3.8, 4) is 17.2 Å². The number of carbonyl (C=O) groups is 1. The van der Waals surface area contributed by atoms with Crippen molar-refractivity contribution in [2.75, 3.05) is 30.8 Å². The minimum absolute atomic E-state index is 0.242. The fraction of sp³-hybridized carbons (Fsp3) is 0.226. The fourth-order valence-electron chi connectivity index (χ4n) is 4.87. The third kappa shape index (κ3) is 6.12. The molecule has 3 N–H and O–H groups in total. The molecule has 5 aromatic rings. The molecule has 0 bridgehead atoms. The standard InChI is InChI=1S/C31H31N7O3/c1-40-24-11-7-21(8-12-24)20-38-30-28(29(37-38)35-23-5-4-16-32-19-23)26(15-18-34-30)41-25-13-9-22(10-14-25)31(39)36-27-6-2-3-17-33-27/h2-3,6-15,17-18,23,32H,4-5,16,19-20H2,1H3,(H,35,37)(H,33,36,39)/t23-/m1/s1. The van der Waals surface area contributed by atoms with Gasteiger partial charge in [0.2, 0.25) is 0 Å². The van der Waals surface area contributed by atoms with Crippen LogP contribution in [-0.2, 0) is 6.54 Å². The summed E-state index contributed by atoms with van der Waals surface area (Å²) in [4.78, 5) is 21.5. The molecular weight excluding hydrogens is 518 g/mol. The van der Waals surface area contributed by atoms with Crippen molar-refractivity contribution in [3.63, 3.8) is 0 Å². The maximum absolute atomic E-state index is 12.6. The fourth-order valence-corrected chi connectivity index (χ4v) is 4.87. The second-order valence-electron chi connectivity index (χ2n) is 9.85. The monoisotopic (exact) mass is 549 g/mol. The number of hydrogen-bond acceptors (Lipinski definition) is 8. The van der Waals surface area contributed by atoms with E-state index in [0.717, 1.165) is 54.1 Å². The van der Waals surface area contributed by atoms with Crippen LogP contribution in [-0.4, -0.2) is 51.9 Å². The van der Waals surface area contributed by atoms with E-state index in [9.17, 15) is 4.79 Å². The number of piperidine rings is 1. The van der Waals surface area contributed by atoms with Gasteiger partial charge in [0.05, 0.1) is 13.7 Å². The molecule has 0 spiro atoms. The van der Waals surface area contributed by atoms with Gasteiger partial charge < -0.3 is 25.4 Å². The molecule has 1 saturated heterocycles. The molecule has 4 heterocycles. The van der Waals surface area contributed by atoms with Crippen molar-refractivity contribution in [1.29, 1.82) is 0 Å². The number of rotatable bonds is 9. The van der Waals surface area contributed by atoms with Crippen LogP contribution in [0.5, 0.6) is 17.2 Å². The number of methoxy groups -OCH3 is 1. The van der Waals surface area contributed by atoms with Crippen LogP contribution in [0.15, 0.2) is 85.2 Å². The molecule has 1 amide bonds. The highest BCUT2D eigenvalue weighted by Gasteiger charge is 2.21. The first-order valence-electron chi connectivity index (χ1n) is 13.6. The maximum Gasteiger partial charge on any atom is 0.256 e. The summed E-state index contributed by atoms with van der Waals surface area (Å²) in [5.41, 5.74) is 2.30. The number of benzene rings is 2. The van der Waals surface area contributed by atoms with Crippen LogP contribution >= 0.6 is 0 Å². The molecule has 1 fully saturated rings. The van der Waals surface area contributed by atoms with Crippen LogP contribution in [0.25, 0.3) is 11.0 Å². The second kappa shape index (κ2) is 12.1. The number of anilines is 2. The van der Waals surface area contributed by atoms with Crippen molar-refractivity contribution < 1.29 is 14.3 Å². The molecule has 2 aromatic carbocycles. The Hall–Kier alpha value is -4.96. The molecule has 1 aliphatic rings. The summed E-state index contributed by atoms with van der Waals surface area (Å²) in [6, 6.07) is 22.4. The van der Waals surface area contributed by atoms with Crippen LogP contribution in [0.2, 0.25) is 0 Å². The van der Waals surface area contributed by atoms with E-state index in [1.807, 2.05) is 41.1 Å². The summed E-state index contributed by atoms with van der Waals surface area (Å²) in [6.45, 7) is 2.43. The van der Waals surface area contributed by atoms with Gasteiger partial charge in [-0.2, -0.15) is 5.10 Å². The van der Waals surface area contributed by atoms with E-state index < -0.39 is 0 Å².